The summed E-state index contributed by atoms with van der Waals surface area (Å²) in [6.07, 6.45) is 2.00. The number of aliphatic hydroxyl groups excluding tert-OH is 1. The molecule has 0 spiro atoms. The van der Waals surface area contributed by atoms with Crippen LogP contribution in [0.15, 0.2) is 64.8 Å². The summed E-state index contributed by atoms with van der Waals surface area (Å²) in [7, 11) is 0. The summed E-state index contributed by atoms with van der Waals surface area (Å²) in [5, 5.41) is 9.20. The van der Waals surface area contributed by atoms with Gasteiger partial charge < -0.3 is 24.2 Å². The van der Waals surface area contributed by atoms with Gasteiger partial charge in [0.25, 0.3) is 5.91 Å². The molecular formula is C24H26BrNO5. The minimum atomic E-state index is -0.531. The van der Waals surface area contributed by atoms with E-state index >= 15 is 0 Å². The van der Waals surface area contributed by atoms with Crippen molar-refractivity contribution in [3.63, 3.8) is 0 Å². The number of hydrogen-bond acceptors (Lipinski definition) is 5. The average Bonchev–Trinajstić information content (AvgIpc) is 2.83. The van der Waals surface area contributed by atoms with E-state index in [4.69, 9.17) is 14.2 Å². The molecule has 4 rings (SSSR count). The topological polar surface area (TPSA) is 68.2 Å². The van der Waals surface area contributed by atoms with Gasteiger partial charge in [0.05, 0.1) is 26.4 Å². The van der Waals surface area contributed by atoms with Crippen molar-refractivity contribution in [1.29, 1.82) is 0 Å². The molecule has 2 aromatic carbocycles. The zero-order valence-corrected chi connectivity index (χ0v) is 18.8. The third kappa shape index (κ3) is 5.74. The Bertz CT molecular complexity index is 907. The van der Waals surface area contributed by atoms with Crippen molar-refractivity contribution in [2.75, 3.05) is 26.3 Å². The lowest BCUT2D eigenvalue weighted by Crippen LogP contribution is -2.43. The molecule has 0 saturated carbocycles. The lowest BCUT2D eigenvalue weighted by molar-refractivity contribution is -0.158. The van der Waals surface area contributed by atoms with Gasteiger partial charge in [0, 0.05) is 29.9 Å². The van der Waals surface area contributed by atoms with E-state index < -0.39 is 6.29 Å². The molecule has 1 saturated heterocycles. The lowest BCUT2D eigenvalue weighted by Gasteiger charge is -2.33. The second kappa shape index (κ2) is 10.4. The van der Waals surface area contributed by atoms with Crippen LogP contribution in [0, 0.1) is 0 Å². The molecule has 0 aliphatic carbocycles. The number of carbonyl (C=O) groups is 1. The Morgan fingerprint density at radius 1 is 1.06 bits per heavy atom. The van der Waals surface area contributed by atoms with E-state index in [9.17, 15) is 9.90 Å². The predicted octanol–water partition coefficient (Wildman–Crippen LogP) is 3.73. The minimum absolute atomic E-state index is 0.0134. The Kier molecular flexibility index (Phi) is 7.40. The number of hydrogen-bond donors (Lipinski definition) is 1. The van der Waals surface area contributed by atoms with Crippen LogP contribution in [-0.2, 0) is 32.2 Å². The van der Waals surface area contributed by atoms with E-state index in [-0.39, 0.29) is 18.4 Å². The number of aliphatic hydroxyl groups is 1. The second-order valence-corrected chi connectivity index (χ2v) is 8.58. The van der Waals surface area contributed by atoms with Crippen LogP contribution in [0.1, 0.15) is 29.0 Å². The largest absolute Gasteiger partial charge is 0.459 e. The van der Waals surface area contributed by atoms with Crippen molar-refractivity contribution in [3.8, 4) is 0 Å². The van der Waals surface area contributed by atoms with Gasteiger partial charge in [-0.1, -0.05) is 52.3 Å². The second-order valence-electron chi connectivity index (χ2n) is 7.66. The molecule has 164 valence electrons. The van der Waals surface area contributed by atoms with Gasteiger partial charge in [-0.2, -0.15) is 0 Å². The Labute approximate surface area is 190 Å². The fraction of sp³-hybridized carbons (Fsp3) is 0.375. The van der Waals surface area contributed by atoms with Crippen LogP contribution in [0.3, 0.4) is 0 Å². The number of benzene rings is 2. The highest BCUT2D eigenvalue weighted by atomic mass is 79.9. The Hall–Kier alpha value is -2.19. The van der Waals surface area contributed by atoms with Crippen molar-refractivity contribution in [3.05, 3.63) is 81.5 Å². The number of halogens is 1. The van der Waals surface area contributed by atoms with Gasteiger partial charge >= 0.3 is 0 Å². The summed E-state index contributed by atoms with van der Waals surface area (Å²) in [6, 6.07) is 15.7. The Morgan fingerprint density at radius 2 is 1.74 bits per heavy atom. The van der Waals surface area contributed by atoms with Gasteiger partial charge in [0.2, 0.25) is 6.29 Å². The highest BCUT2D eigenvalue weighted by Crippen LogP contribution is 2.33. The maximum absolute atomic E-state index is 13.1. The van der Waals surface area contributed by atoms with Crippen LogP contribution in [0.4, 0.5) is 0 Å². The molecule has 2 aromatic rings. The summed E-state index contributed by atoms with van der Waals surface area (Å²) in [5.41, 5.74) is 2.95. The third-order valence-corrected chi connectivity index (χ3v) is 6.03. The number of morpholine rings is 1. The summed E-state index contributed by atoms with van der Waals surface area (Å²) in [6.45, 7) is 2.58. The van der Waals surface area contributed by atoms with Crippen LogP contribution >= 0.6 is 15.9 Å². The molecule has 0 bridgehead atoms. The number of amides is 1. The molecule has 2 heterocycles. The molecular weight excluding hydrogens is 462 g/mol. The number of allylic oxidation sites excluding steroid dienone is 1. The predicted molar refractivity (Wildman–Crippen MR) is 119 cm³/mol. The van der Waals surface area contributed by atoms with Gasteiger partial charge in [0.15, 0.2) is 5.76 Å². The maximum atomic E-state index is 13.1. The van der Waals surface area contributed by atoms with Gasteiger partial charge in [-0.15, -0.1) is 0 Å². The van der Waals surface area contributed by atoms with E-state index in [0.29, 0.717) is 45.1 Å². The maximum Gasteiger partial charge on any atom is 0.288 e. The first kappa shape index (κ1) is 22.0. The SMILES string of the molecule is O=C(C1=C[C@@H](c2ccc(Br)cc2)C[C@@H](OCc2ccc(CO)cc2)O1)N1CCOCC1. The monoisotopic (exact) mass is 487 g/mol. The van der Waals surface area contributed by atoms with Gasteiger partial charge in [-0.05, 0) is 34.9 Å². The first-order chi connectivity index (χ1) is 15.1. The quantitative estimate of drug-likeness (QED) is 0.672. The first-order valence-electron chi connectivity index (χ1n) is 10.4. The highest BCUT2D eigenvalue weighted by molar-refractivity contribution is 9.10. The highest BCUT2D eigenvalue weighted by Gasteiger charge is 2.31. The standard InChI is InChI=1S/C24H26BrNO5/c25-21-7-5-19(6-8-21)20-13-22(24(28)26-9-11-29-12-10-26)31-23(14-20)30-16-18-3-1-17(15-27)2-4-18/h1-8,13,20,23,27H,9-12,14-16H2/t20-,23+/m1/s1. The molecule has 0 radical (unpaired) electrons. The molecule has 7 heteroatoms. The number of carbonyl (C=O) groups excluding carboxylic acids is 1. The van der Waals surface area contributed by atoms with E-state index in [1.165, 1.54) is 0 Å². The van der Waals surface area contributed by atoms with Gasteiger partial charge in [0.1, 0.15) is 0 Å². The minimum Gasteiger partial charge on any atom is -0.459 e. The number of rotatable bonds is 6. The van der Waals surface area contributed by atoms with Crippen LogP contribution in [-0.4, -0.2) is 48.5 Å². The summed E-state index contributed by atoms with van der Waals surface area (Å²) < 4.78 is 18.4. The smallest absolute Gasteiger partial charge is 0.288 e. The van der Waals surface area contributed by atoms with E-state index in [2.05, 4.69) is 28.1 Å². The first-order valence-corrected chi connectivity index (χ1v) is 11.2. The molecule has 1 fully saturated rings. The van der Waals surface area contributed by atoms with Crippen LogP contribution in [0.2, 0.25) is 0 Å². The molecule has 0 unspecified atom stereocenters. The van der Waals surface area contributed by atoms with Crippen molar-refractivity contribution in [1.82, 2.24) is 4.90 Å². The zero-order chi connectivity index (χ0) is 21.6. The molecule has 2 aliphatic rings. The summed E-state index contributed by atoms with van der Waals surface area (Å²) >= 11 is 3.48. The molecule has 2 atom stereocenters. The van der Waals surface area contributed by atoms with Crippen molar-refractivity contribution in [2.45, 2.75) is 31.8 Å². The normalized spacial score (nSPS) is 21.4. The fourth-order valence-corrected chi connectivity index (χ4v) is 3.97. The molecule has 2 aliphatic heterocycles. The van der Waals surface area contributed by atoms with E-state index in [1.54, 1.807) is 4.90 Å². The third-order valence-electron chi connectivity index (χ3n) is 5.51. The molecule has 0 aromatic heterocycles. The molecule has 1 N–H and O–H groups in total. The Morgan fingerprint density at radius 3 is 2.42 bits per heavy atom. The number of ether oxygens (including phenoxy) is 3. The van der Waals surface area contributed by atoms with Gasteiger partial charge in [-0.3, -0.25) is 4.79 Å². The van der Waals surface area contributed by atoms with Crippen molar-refractivity contribution in [2.24, 2.45) is 0 Å². The Balaban J connectivity index is 1.49. The number of nitrogens with zero attached hydrogens (tertiary/aromatic N) is 1. The van der Waals surface area contributed by atoms with Gasteiger partial charge in [-0.25, -0.2) is 0 Å². The fourth-order valence-electron chi connectivity index (χ4n) is 3.71. The lowest BCUT2D eigenvalue weighted by atomic mass is 9.93. The molecule has 1 amide bonds. The van der Waals surface area contributed by atoms with Crippen LogP contribution in [0.25, 0.3) is 0 Å². The molecule has 6 nitrogen and oxygen atoms in total. The van der Waals surface area contributed by atoms with Crippen molar-refractivity contribution >= 4 is 21.8 Å². The average molecular weight is 488 g/mol. The van der Waals surface area contributed by atoms with Crippen LogP contribution in [0.5, 0.6) is 0 Å². The van der Waals surface area contributed by atoms with Crippen molar-refractivity contribution < 1.29 is 24.1 Å². The van der Waals surface area contributed by atoms with E-state index in [1.807, 2.05) is 42.5 Å². The molecule has 31 heavy (non-hydrogen) atoms. The summed E-state index contributed by atoms with van der Waals surface area (Å²) in [5.74, 6) is 0.233. The van der Waals surface area contributed by atoms with Crippen LogP contribution < -0.4 is 0 Å². The van der Waals surface area contributed by atoms with E-state index in [0.717, 1.165) is 21.2 Å². The summed E-state index contributed by atoms with van der Waals surface area (Å²) in [4.78, 5) is 14.8. The zero-order valence-electron chi connectivity index (χ0n) is 17.2.